The predicted molar refractivity (Wildman–Crippen MR) is 176 cm³/mol. The Bertz CT molecular complexity index is 1790. The molecular weight excluding hydrogens is 707 g/mol. The SMILES string of the molecule is COc1ccc(S(=O)(=O)N2CCC[C@H]2C(=O)O[C@@H](Cc2c(Cl)cncc2Cl)c2ccc(OC(F)F)c(OCC3CC3)c2)cc1C(=O)N(C)C. The van der Waals surface area contributed by atoms with Crippen molar-refractivity contribution in [2.24, 2.45) is 5.92 Å². The molecule has 1 aliphatic carbocycles. The maximum Gasteiger partial charge on any atom is 0.387 e. The van der Waals surface area contributed by atoms with Crippen molar-refractivity contribution in [1.82, 2.24) is 14.2 Å². The van der Waals surface area contributed by atoms with E-state index < -0.39 is 40.7 Å². The molecule has 1 aliphatic heterocycles. The number of sulfonamides is 1. The number of carbonyl (C=O) groups excluding carboxylic acids is 2. The van der Waals surface area contributed by atoms with Crippen LogP contribution in [0.4, 0.5) is 8.78 Å². The molecule has 0 N–H and O–H groups in total. The summed E-state index contributed by atoms with van der Waals surface area (Å²) < 4.78 is 77.2. The fraction of sp³-hybridized carbons (Fsp3) is 0.424. The van der Waals surface area contributed by atoms with Crippen LogP contribution in [-0.2, 0) is 26.0 Å². The minimum absolute atomic E-state index is 0.0244. The zero-order valence-corrected chi connectivity index (χ0v) is 29.2. The van der Waals surface area contributed by atoms with Crippen molar-refractivity contribution in [2.45, 2.75) is 55.8 Å². The molecule has 0 unspecified atom stereocenters. The zero-order valence-electron chi connectivity index (χ0n) is 26.9. The van der Waals surface area contributed by atoms with Gasteiger partial charge in [0.05, 0.1) is 34.2 Å². The Morgan fingerprint density at radius 3 is 2.35 bits per heavy atom. The highest BCUT2D eigenvalue weighted by Gasteiger charge is 2.42. The van der Waals surface area contributed by atoms with Crippen LogP contribution < -0.4 is 14.2 Å². The summed E-state index contributed by atoms with van der Waals surface area (Å²) in [5, 5.41) is 0.396. The number of carbonyl (C=O) groups is 2. The third-order valence-electron chi connectivity index (χ3n) is 8.22. The van der Waals surface area contributed by atoms with Crippen LogP contribution in [0.25, 0.3) is 0 Å². The van der Waals surface area contributed by atoms with E-state index >= 15 is 0 Å². The van der Waals surface area contributed by atoms with Gasteiger partial charge >= 0.3 is 12.6 Å². The van der Waals surface area contributed by atoms with Crippen LogP contribution in [-0.4, -0.2) is 81.5 Å². The molecule has 2 heterocycles. The molecule has 11 nitrogen and oxygen atoms in total. The Morgan fingerprint density at radius 1 is 1.02 bits per heavy atom. The monoisotopic (exact) mass is 741 g/mol. The molecule has 1 aromatic heterocycles. The number of aromatic nitrogens is 1. The van der Waals surface area contributed by atoms with Crippen LogP contribution in [0, 0.1) is 5.92 Å². The van der Waals surface area contributed by atoms with Crippen molar-refractivity contribution < 1.29 is 45.7 Å². The van der Waals surface area contributed by atoms with Crippen molar-refractivity contribution in [1.29, 1.82) is 0 Å². The quantitative estimate of drug-likeness (QED) is 0.179. The van der Waals surface area contributed by atoms with Crippen LogP contribution in [0.5, 0.6) is 17.2 Å². The van der Waals surface area contributed by atoms with Gasteiger partial charge in [-0.05, 0) is 73.1 Å². The van der Waals surface area contributed by atoms with Crippen molar-refractivity contribution in [3.8, 4) is 17.2 Å². The van der Waals surface area contributed by atoms with Crippen molar-refractivity contribution in [3.63, 3.8) is 0 Å². The van der Waals surface area contributed by atoms with Gasteiger partial charge in [-0.15, -0.1) is 0 Å². The fourth-order valence-corrected chi connectivity index (χ4v) is 7.63. The maximum absolute atomic E-state index is 14.0. The molecule has 2 aromatic carbocycles. The van der Waals surface area contributed by atoms with E-state index in [9.17, 15) is 26.8 Å². The second kappa shape index (κ2) is 15.4. The summed E-state index contributed by atoms with van der Waals surface area (Å²) in [4.78, 5) is 31.8. The highest BCUT2D eigenvalue weighted by molar-refractivity contribution is 7.89. The molecule has 0 radical (unpaired) electrons. The Balaban J connectivity index is 1.47. The van der Waals surface area contributed by atoms with Crippen LogP contribution in [0.3, 0.4) is 0 Å². The third-order valence-corrected chi connectivity index (χ3v) is 10.8. The lowest BCUT2D eigenvalue weighted by Crippen LogP contribution is -2.42. The number of hydrogen-bond acceptors (Lipinski definition) is 9. The summed E-state index contributed by atoms with van der Waals surface area (Å²) in [5.41, 5.74) is 0.785. The summed E-state index contributed by atoms with van der Waals surface area (Å²) in [6.07, 6.45) is 4.02. The first kappa shape index (κ1) is 36.6. The van der Waals surface area contributed by atoms with Gasteiger partial charge in [0.25, 0.3) is 5.91 Å². The van der Waals surface area contributed by atoms with Crippen LogP contribution in [0.2, 0.25) is 10.0 Å². The minimum Gasteiger partial charge on any atom is -0.496 e. The number of halogens is 4. The number of rotatable bonds is 14. The number of amides is 1. The van der Waals surface area contributed by atoms with E-state index in [1.807, 2.05) is 0 Å². The average molecular weight is 743 g/mol. The lowest BCUT2D eigenvalue weighted by Gasteiger charge is -2.27. The van der Waals surface area contributed by atoms with Gasteiger partial charge in [0.1, 0.15) is 17.9 Å². The average Bonchev–Trinajstić information content (AvgIpc) is 3.76. The van der Waals surface area contributed by atoms with E-state index in [0.29, 0.717) is 23.5 Å². The van der Waals surface area contributed by atoms with Gasteiger partial charge in [-0.25, -0.2) is 8.42 Å². The first-order valence-electron chi connectivity index (χ1n) is 15.4. The third kappa shape index (κ3) is 8.54. The molecule has 1 amide bonds. The first-order valence-corrected chi connectivity index (χ1v) is 17.6. The number of benzene rings is 2. The molecule has 3 aromatic rings. The number of pyridine rings is 1. The number of hydrogen-bond donors (Lipinski definition) is 0. The maximum atomic E-state index is 14.0. The van der Waals surface area contributed by atoms with Gasteiger partial charge in [0.15, 0.2) is 11.5 Å². The summed E-state index contributed by atoms with van der Waals surface area (Å²) in [5.74, 6) is -0.984. The Hall–Kier alpha value is -3.72. The molecule has 1 saturated heterocycles. The topological polar surface area (TPSA) is 125 Å². The smallest absolute Gasteiger partial charge is 0.387 e. The molecule has 49 heavy (non-hydrogen) atoms. The molecule has 2 atom stereocenters. The largest absolute Gasteiger partial charge is 0.496 e. The highest BCUT2D eigenvalue weighted by atomic mass is 35.5. The molecule has 2 aliphatic rings. The Morgan fingerprint density at radius 2 is 1.71 bits per heavy atom. The Kier molecular flexibility index (Phi) is 11.5. The first-order chi connectivity index (χ1) is 23.3. The Labute approximate surface area is 293 Å². The van der Waals surface area contributed by atoms with Crippen LogP contribution >= 0.6 is 23.2 Å². The molecule has 5 rings (SSSR count). The van der Waals surface area contributed by atoms with E-state index in [1.165, 1.54) is 74.9 Å². The van der Waals surface area contributed by atoms with Crippen molar-refractivity contribution >= 4 is 45.1 Å². The summed E-state index contributed by atoms with van der Waals surface area (Å²) >= 11 is 12.8. The summed E-state index contributed by atoms with van der Waals surface area (Å²) in [6.45, 7) is -2.79. The highest BCUT2D eigenvalue weighted by Crippen LogP contribution is 2.39. The van der Waals surface area contributed by atoms with Gasteiger partial charge in [0.2, 0.25) is 10.0 Å². The number of nitrogens with zero attached hydrogens (tertiary/aromatic N) is 3. The van der Waals surface area contributed by atoms with E-state index in [4.69, 9.17) is 37.4 Å². The minimum atomic E-state index is -4.30. The fourth-order valence-electron chi connectivity index (χ4n) is 5.44. The number of alkyl halides is 2. The zero-order chi connectivity index (χ0) is 35.5. The van der Waals surface area contributed by atoms with E-state index in [1.54, 1.807) is 0 Å². The second-order valence-corrected chi connectivity index (χ2v) is 14.6. The second-order valence-electron chi connectivity index (χ2n) is 11.9. The molecule has 264 valence electrons. The van der Waals surface area contributed by atoms with Gasteiger partial charge in [0, 0.05) is 39.5 Å². The lowest BCUT2D eigenvalue weighted by molar-refractivity contribution is -0.153. The predicted octanol–water partition coefficient (Wildman–Crippen LogP) is 6.17. The molecule has 16 heteroatoms. The molecule has 0 bridgehead atoms. The van der Waals surface area contributed by atoms with E-state index in [-0.39, 0.29) is 63.7 Å². The number of esters is 1. The van der Waals surface area contributed by atoms with E-state index in [0.717, 1.165) is 17.1 Å². The standard InChI is InChI=1S/C33H35Cl2F2N3O8S/c1-39(2)31(41)23-14-21(9-11-27(23)45-3)49(43,44)40-12-4-5-26(40)32(42)47-29(15-22-24(34)16-38-17-25(22)35)20-8-10-28(48-33(36)37)30(13-20)46-18-19-6-7-19/h8-11,13-14,16-17,19,26,29,33H,4-7,12,15,18H2,1-3H3/t26-,29-/m0/s1. The summed E-state index contributed by atoms with van der Waals surface area (Å²) in [7, 11) is 0.125. The van der Waals surface area contributed by atoms with Crippen molar-refractivity contribution in [3.05, 3.63) is 75.5 Å². The van der Waals surface area contributed by atoms with Crippen molar-refractivity contribution in [2.75, 3.05) is 34.4 Å². The lowest BCUT2D eigenvalue weighted by atomic mass is 10.0. The van der Waals surface area contributed by atoms with Gasteiger partial charge in [-0.2, -0.15) is 13.1 Å². The van der Waals surface area contributed by atoms with Gasteiger partial charge in [-0.1, -0.05) is 29.3 Å². The van der Waals surface area contributed by atoms with Crippen LogP contribution in [0.15, 0.2) is 53.7 Å². The van der Waals surface area contributed by atoms with Gasteiger partial charge in [-0.3, -0.25) is 14.6 Å². The molecule has 1 saturated carbocycles. The normalized spacial score (nSPS) is 17.1. The summed E-state index contributed by atoms with van der Waals surface area (Å²) in [6, 6.07) is 6.90. The van der Waals surface area contributed by atoms with E-state index in [2.05, 4.69) is 9.72 Å². The number of methoxy groups -OCH3 is 1. The van der Waals surface area contributed by atoms with Gasteiger partial charge < -0.3 is 23.8 Å². The number of ether oxygens (including phenoxy) is 4. The van der Waals surface area contributed by atoms with Crippen LogP contribution in [0.1, 0.15) is 53.3 Å². The molecule has 2 fully saturated rings. The molecule has 0 spiro atoms. The molecular formula is C33H35Cl2F2N3O8S.